The minimum absolute atomic E-state index is 0.0670. The fourth-order valence-corrected chi connectivity index (χ4v) is 3.58. The molecule has 0 amide bonds. The lowest BCUT2D eigenvalue weighted by molar-refractivity contribution is 0.589. The molecule has 0 bridgehead atoms. The minimum Gasteiger partial charge on any atom is -0.245 e. The van der Waals surface area contributed by atoms with Crippen molar-refractivity contribution in [2.45, 2.75) is 6.92 Å². The van der Waals surface area contributed by atoms with E-state index in [1.807, 2.05) is 43.3 Å². The summed E-state index contributed by atoms with van der Waals surface area (Å²) in [5, 5.41) is 0. The Morgan fingerprint density at radius 2 is 1.89 bits per heavy atom. The Kier molecular flexibility index (Phi) is 3.78. The molecule has 0 aliphatic carbocycles. The van der Waals surface area contributed by atoms with Gasteiger partial charge in [-0.25, -0.2) is 12.4 Å². The number of nitrogens with zero attached hydrogens (tertiary/aromatic N) is 1. The van der Waals surface area contributed by atoms with Crippen LogP contribution in [0.4, 0.5) is 0 Å². The Morgan fingerprint density at radius 3 is 2.50 bits per heavy atom. The second-order valence-corrected chi connectivity index (χ2v) is 6.41. The molecule has 0 aliphatic rings. The van der Waals surface area contributed by atoms with Gasteiger partial charge >= 0.3 is 0 Å². The van der Waals surface area contributed by atoms with Gasteiger partial charge in [0.1, 0.15) is 0 Å². The maximum absolute atomic E-state index is 12.1. The van der Waals surface area contributed by atoms with Crippen molar-refractivity contribution in [3.8, 4) is 11.3 Å². The first kappa shape index (κ1) is 13.2. The molecule has 1 heterocycles. The number of rotatable bonds is 4. The van der Waals surface area contributed by atoms with Crippen molar-refractivity contribution in [3.63, 3.8) is 0 Å². The Morgan fingerprint density at radius 1 is 1.22 bits per heavy atom. The molecule has 18 heavy (non-hydrogen) atoms. The molecule has 2 aromatic rings. The third kappa shape index (κ3) is 2.60. The van der Waals surface area contributed by atoms with Crippen LogP contribution in [0.25, 0.3) is 11.3 Å². The number of benzene rings is 1. The van der Waals surface area contributed by atoms with Crippen molar-refractivity contribution < 1.29 is 8.42 Å². The van der Waals surface area contributed by atoms with E-state index in [-0.39, 0.29) is 11.6 Å². The van der Waals surface area contributed by atoms with Gasteiger partial charge in [-0.15, -0.1) is 11.6 Å². The van der Waals surface area contributed by atoms with Crippen LogP contribution in [0.3, 0.4) is 0 Å². The topological polar surface area (TPSA) is 39.1 Å². The lowest BCUT2D eigenvalue weighted by Gasteiger charge is -2.09. The highest BCUT2D eigenvalue weighted by molar-refractivity contribution is 7.90. The van der Waals surface area contributed by atoms with Gasteiger partial charge in [0, 0.05) is 12.1 Å². The Bertz CT molecular complexity index is 632. The monoisotopic (exact) mass is 283 g/mol. The summed E-state index contributed by atoms with van der Waals surface area (Å²) in [5.41, 5.74) is 2.47. The third-order valence-corrected chi connectivity index (χ3v) is 4.66. The van der Waals surface area contributed by atoms with Gasteiger partial charge in [-0.1, -0.05) is 30.3 Å². The van der Waals surface area contributed by atoms with E-state index < -0.39 is 10.0 Å². The quantitative estimate of drug-likeness (QED) is 0.810. The number of alkyl halides is 1. The van der Waals surface area contributed by atoms with Crippen LogP contribution in [-0.4, -0.2) is 24.0 Å². The van der Waals surface area contributed by atoms with E-state index in [0.29, 0.717) is 5.69 Å². The van der Waals surface area contributed by atoms with Crippen LogP contribution in [0.1, 0.15) is 5.56 Å². The molecule has 3 nitrogen and oxygen atoms in total. The molecular formula is C13H14ClNO2S. The predicted octanol–water partition coefficient (Wildman–Crippen LogP) is 2.88. The highest BCUT2D eigenvalue weighted by atomic mass is 35.5. The molecule has 0 saturated carbocycles. The number of hydrogen-bond acceptors (Lipinski definition) is 2. The van der Waals surface area contributed by atoms with Crippen molar-refractivity contribution in [2.75, 3.05) is 11.6 Å². The van der Waals surface area contributed by atoms with E-state index in [1.54, 1.807) is 6.20 Å². The molecule has 96 valence electrons. The zero-order valence-corrected chi connectivity index (χ0v) is 11.6. The third-order valence-electron chi connectivity index (χ3n) is 2.63. The molecule has 1 aromatic carbocycles. The predicted molar refractivity (Wildman–Crippen MR) is 74.5 cm³/mol. The van der Waals surface area contributed by atoms with E-state index in [4.69, 9.17) is 11.6 Å². The van der Waals surface area contributed by atoms with E-state index in [9.17, 15) is 8.42 Å². The average Bonchev–Trinajstić information content (AvgIpc) is 2.73. The van der Waals surface area contributed by atoms with Gasteiger partial charge in [0.2, 0.25) is 10.0 Å². The number of halogens is 1. The Labute approximate surface area is 112 Å². The van der Waals surface area contributed by atoms with Crippen LogP contribution in [0, 0.1) is 6.92 Å². The molecule has 0 N–H and O–H groups in total. The summed E-state index contributed by atoms with van der Waals surface area (Å²) in [6.07, 6.45) is 1.63. The van der Waals surface area contributed by atoms with E-state index in [0.717, 1.165) is 11.1 Å². The van der Waals surface area contributed by atoms with Gasteiger partial charge in [0.05, 0.1) is 11.4 Å². The highest BCUT2D eigenvalue weighted by Gasteiger charge is 2.17. The van der Waals surface area contributed by atoms with Crippen LogP contribution >= 0.6 is 11.6 Å². The molecule has 0 atom stereocenters. The fourth-order valence-electron chi connectivity index (χ4n) is 1.82. The van der Waals surface area contributed by atoms with Crippen LogP contribution in [0.15, 0.2) is 42.6 Å². The molecule has 0 unspecified atom stereocenters. The van der Waals surface area contributed by atoms with Crippen LogP contribution in [0.2, 0.25) is 0 Å². The summed E-state index contributed by atoms with van der Waals surface area (Å²) >= 11 is 5.55. The van der Waals surface area contributed by atoms with Crippen LogP contribution in [0.5, 0.6) is 0 Å². The summed E-state index contributed by atoms with van der Waals surface area (Å²) in [4.78, 5) is 0. The van der Waals surface area contributed by atoms with Crippen LogP contribution in [-0.2, 0) is 10.0 Å². The molecular weight excluding hydrogens is 270 g/mol. The normalized spacial score (nSPS) is 11.7. The first-order chi connectivity index (χ1) is 8.54. The summed E-state index contributed by atoms with van der Waals surface area (Å²) in [7, 11) is -3.38. The van der Waals surface area contributed by atoms with Crippen molar-refractivity contribution in [2.24, 2.45) is 0 Å². The van der Waals surface area contributed by atoms with Gasteiger partial charge in [-0.05, 0) is 24.1 Å². The summed E-state index contributed by atoms with van der Waals surface area (Å²) < 4.78 is 25.6. The van der Waals surface area contributed by atoms with Gasteiger partial charge in [-0.2, -0.15) is 0 Å². The zero-order valence-electron chi connectivity index (χ0n) is 10.0. The minimum atomic E-state index is -3.38. The zero-order chi connectivity index (χ0) is 13.2. The molecule has 2 rings (SSSR count). The average molecular weight is 284 g/mol. The first-order valence-corrected chi connectivity index (χ1v) is 7.72. The van der Waals surface area contributed by atoms with E-state index in [1.165, 1.54) is 3.97 Å². The largest absolute Gasteiger partial charge is 0.245 e. The summed E-state index contributed by atoms with van der Waals surface area (Å²) in [6, 6.07) is 11.3. The summed E-state index contributed by atoms with van der Waals surface area (Å²) in [6.45, 7) is 1.87. The molecule has 0 aliphatic heterocycles. The second kappa shape index (κ2) is 5.16. The molecule has 0 radical (unpaired) electrons. The first-order valence-electron chi connectivity index (χ1n) is 5.58. The van der Waals surface area contributed by atoms with Gasteiger partial charge in [0.15, 0.2) is 0 Å². The second-order valence-electron chi connectivity index (χ2n) is 4.07. The van der Waals surface area contributed by atoms with Crippen molar-refractivity contribution in [3.05, 3.63) is 48.2 Å². The number of aromatic nitrogens is 1. The van der Waals surface area contributed by atoms with Crippen molar-refractivity contribution >= 4 is 21.6 Å². The van der Waals surface area contributed by atoms with Gasteiger partial charge < -0.3 is 0 Å². The molecule has 1 aromatic heterocycles. The van der Waals surface area contributed by atoms with E-state index >= 15 is 0 Å². The summed E-state index contributed by atoms with van der Waals surface area (Å²) in [5.74, 6) is 0.0241. The maximum atomic E-state index is 12.1. The lowest BCUT2D eigenvalue weighted by atomic mass is 10.1. The molecule has 0 saturated heterocycles. The van der Waals surface area contributed by atoms with Gasteiger partial charge in [-0.3, -0.25) is 0 Å². The molecule has 0 fully saturated rings. The van der Waals surface area contributed by atoms with Crippen LogP contribution < -0.4 is 0 Å². The van der Waals surface area contributed by atoms with E-state index in [2.05, 4.69) is 0 Å². The standard InChI is InChI=1S/C13H14ClNO2S/c1-11-9-13(12-5-3-2-4-6-12)15(10-11)18(16,17)8-7-14/h2-6,9-10H,7-8H2,1H3. The van der Waals surface area contributed by atoms with Crippen molar-refractivity contribution in [1.29, 1.82) is 0 Å². The Hall–Kier alpha value is -1.26. The smallest absolute Gasteiger partial charge is 0.240 e. The van der Waals surface area contributed by atoms with Gasteiger partial charge in [0.25, 0.3) is 0 Å². The SMILES string of the molecule is Cc1cc(-c2ccccc2)n(S(=O)(=O)CCCl)c1. The number of aryl methyl sites for hydroxylation is 1. The van der Waals surface area contributed by atoms with Crippen molar-refractivity contribution in [1.82, 2.24) is 3.97 Å². The molecule has 0 spiro atoms. The lowest BCUT2D eigenvalue weighted by Crippen LogP contribution is -2.17. The Balaban J connectivity index is 2.57. The molecule has 5 heteroatoms. The highest BCUT2D eigenvalue weighted by Crippen LogP contribution is 2.23. The number of hydrogen-bond donors (Lipinski definition) is 0. The fraction of sp³-hybridized carbons (Fsp3) is 0.231. The maximum Gasteiger partial charge on any atom is 0.240 e.